The van der Waals surface area contributed by atoms with E-state index in [4.69, 9.17) is 5.11 Å². The molecule has 0 saturated carbocycles. The minimum absolute atomic E-state index is 0.0645. The van der Waals surface area contributed by atoms with Crippen molar-refractivity contribution in [2.75, 3.05) is 13.2 Å². The molecule has 16 heavy (non-hydrogen) atoms. The van der Waals surface area contributed by atoms with E-state index in [1.807, 2.05) is 6.92 Å². The largest absolute Gasteiger partial charge is 0.479 e. The third-order valence-corrected chi connectivity index (χ3v) is 3.11. The van der Waals surface area contributed by atoms with Crippen molar-refractivity contribution in [2.24, 2.45) is 0 Å². The van der Waals surface area contributed by atoms with Gasteiger partial charge in [0.15, 0.2) is 0 Å². The molecule has 0 heterocycles. The van der Waals surface area contributed by atoms with Gasteiger partial charge in [0.1, 0.15) is 0 Å². The van der Waals surface area contributed by atoms with Crippen molar-refractivity contribution in [1.29, 1.82) is 0 Å². The van der Waals surface area contributed by atoms with Crippen molar-refractivity contribution in [2.45, 2.75) is 26.7 Å². The number of allylic oxidation sites excluding steroid dienone is 1. The van der Waals surface area contributed by atoms with Crippen LogP contribution >= 0.6 is 7.60 Å². The molecular formula is C9H18FO5P. The quantitative estimate of drug-likeness (QED) is 0.584. The molecule has 0 amide bonds. The highest BCUT2D eigenvalue weighted by Crippen LogP contribution is 2.53. The van der Waals surface area contributed by atoms with Crippen LogP contribution in [0.3, 0.4) is 0 Å². The van der Waals surface area contributed by atoms with Crippen molar-refractivity contribution >= 4 is 13.6 Å². The maximum Gasteiger partial charge on any atom is 0.376 e. The number of carboxylic acids is 1. The predicted molar refractivity (Wildman–Crippen MR) is 59.3 cm³/mol. The number of hydrogen-bond donors (Lipinski definition) is 1. The van der Waals surface area contributed by atoms with E-state index in [0.29, 0.717) is 0 Å². The summed E-state index contributed by atoms with van der Waals surface area (Å²) >= 11 is 0. The molecule has 0 rings (SSSR count). The summed E-state index contributed by atoms with van der Waals surface area (Å²) in [5, 5.41) is 8.26. The highest BCUT2D eigenvalue weighted by molar-refractivity contribution is 7.55. The van der Waals surface area contributed by atoms with Crippen molar-refractivity contribution in [3.8, 4) is 0 Å². The average molecular weight is 256 g/mol. The summed E-state index contributed by atoms with van der Waals surface area (Å²) in [6, 6.07) is 0. The van der Waals surface area contributed by atoms with Gasteiger partial charge in [-0.3, -0.25) is 4.57 Å². The Kier molecular flexibility index (Phi) is 10.5. The molecule has 0 aromatic heterocycles. The third kappa shape index (κ3) is 6.71. The van der Waals surface area contributed by atoms with E-state index in [9.17, 15) is 13.8 Å². The smallest absolute Gasteiger partial charge is 0.376 e. The van der Waals surface area contributed by atoms with Gasteiger partial charge in [0, 0.05) is 0 Å². The zero-order chi connectivity index (χ0) is 13.2. The van der Waals surface area contributed by atoms with Crippen molar-refractivity contribution in [3.63, 3.8) is 0 Å². The first-order valence-corrected chi connectivity index (χ1v) is 6.33. The van der Waals surface area contributed by atoms with Crippen LogP contribution in [-0.4, -0.2) is 30.2 Å². The monoisotopic (exact) mass is 256 g/mol. The number of carbonyl (C=O) groups is 1. The number of hydrogen-bond acceptors (Lipinski definition) is 4. The van der Waals surface area contributed by atoms with Crippen LogP contribution in [-0.2, 0) is 18.4 Å². The molecule has 0 aliphatic carbocycles. The van der Waals surface area contributed by atoms with Crippen LogP contribution in [0.4, 0.5) is 4.39 Å². The molecule has 96 valence electrons. The van der Waals surface area contributed by atoms with Gasteiger partial charge in [0.25, 0.3) is 5.91 Å². The lowest BCUT2D eigenvalue weighted by molar-refractivity contribution is -0.140. The van der Waals surface area contributed by atoms with E-state index < -0.39 is 19.5 Å². The number of halogens is 1. The summed E-state index contributed by atoms with van der Waals surface area (Å²) in [7, 11) is -4.13. The van der Waals surface area contributed by atoms with E-state index >= 15 is 0 Å². The summed E-state index contributed by atoms with van der Waals surface area (Å²) in [6.45, 7) is 8.07. The lowest BCUT2D eigenvalue weighted by Gasteiger charge is -2.17. The van der Waals surface area contributed by atoms with Crippen LogP contribution in [0, 0.1) is 0 Å². The molecule has 0 spiro atoms. The van der Waals surface area contributed by atoms with Gasteiger partial charge in [-0.2, -0.15) is 0 Å². The Labute approximate surface area is 94.8 Å². The molecule has 0 bridgehead atoms. The number of alkyl halides is 1. The normalized spacial score (nSPS) is 12.2. The van der Waals surface area contributed by atoms with Crippen LogP contribution in [0.15, 0.2) is 12.7 Å². The van der Waals surface area contributed by atoms with E-state index in [-0.39, 0.29) is 13.2 Å². The molecule has 1 N–H and O–H groups in total. The molecule has 0 aromatic carbocycles. The second kappa shape index (κ2) is 9.51. The maximum atomic E-state index is 12.8. The van der Waals surface area contributed by atoms with Crippen molar-refractivity contribution in [1.82, 2.24) is 0 Å². The van der Waals surface area contributed by atoms with E-state index in [2.05, 4.69) is 15.6 Å². The van der Waals surface area contributed by atoms with Crippen molar-refractivity contribution < 1.29 is 27.9 Å². The van der Waals surface area contributed by atoms with Gasteiger partial charge >= 0.3 is 13.6 Å². The third-order valence-electron chi connectivity index (χ3n) is 1.10. The van der Waals surface area contributed by atoms with Gasteiger partial charge in [-0.25, -0.2) is 9.18 Å². The Bertz CT molecular complexity index is 246. The predicted octanol–water partition coefficient (Wildman–Crippen LogP) is 2.83. The maximum absolute atomic E-state index is 12.8. The first kappa shape index (κ1) is 17.7. The summed E-state index contributed by atoms with van der Waals surface area (Å²) in [5.74, 6) is -4.46. The van der Waals surface area contributed by atoms with E-state index in [0.717, 1.165) is 0 Å². The van der Waals surface area contributed by atoms with Crippen molar-refractivity contribution in [3.05, 3.63) is 12.7 Å². The Balaban J connectivity index is 0. The van der Waals surface area contributed by atoms with Gasteiger partial charge < -0.3 is 14.2 Å². The molecule has 1 unspecified atom stereocenters. The summed E-state index contributed by atoms with van der Waals surface area (Å²) in [4.78, 5) is 10.2. The molecule has 0 saturated heterocycles. The number of carboxylic acid groups (broad SMARTS) is 1. The molecule has 0 fully saturated rings. The highest BCUT2D eigenvalue weighted by Gasteiger charge is 2.41. The Morgan fingerprint density at radius 3 is 2.00 bits per heavy atom. The SMILES string of the molecule is C=CC.CCOP(=O)(OCC)C(F)C(=O)O. The van der Waals surface area contributed by atoms with Crippen LogP contribution in [0.1, 0.15) is 20.8 Å². The molecule has 0 aliphatic rings. The Hall–Kier alpha value is -0.710. The molecular weight excluding hydrogens is 238 g/mol. The zero-order valence-electron chi connectivity index (χ0n) is 9.68. The zero-order valence-corrected chi connectivity index (χ0v) is 10.6. The summed E-state index contributed by atoms with van der Waals surface area (Å²) < 4.78 is 33.1. The number of rotatable bonds is 6. The minimum atomic E-state index is -4.13. The van der Waals surface area contributed by atoms with Gasteiger partial charge in [0.2, 0.25) is 0 Å². The van der Waals surface area contributed by atoms with Gasteiger partial charge in [-0.05, 0) is 20.8 Å². The van der Waals surface area contributed by atoms with Gasteiger partial charge in [-0.15, -0.1) is 6.58 Å². The van der Waals surface area contributed by atoms with Gasteiger partial charge in [0.05, 0.1) is 13.2 Å². The van der Waals surface area contributed by atoms with Gasteiger partial charge in [-0.1, -0.05) is 6.08 Å². The number of aliphatic carboxylic acids is 1. The first-order valence-electron chi connectivity index (χ1n) is 4.72. The van der Waals surface area contributed by atoms with E-state index in [1.165, 1.54) is 13.8 Å². The highest BCUT2D eigenvalue weighted by atomic mass is 31.2. The average Bonchev–Trinajstić information content (AvgIpc) is 2.18. The first-order chi connectivity index (χ1) is 7.39. The Morgan fingerprint density at radius 1 is 1.50 bits per heavy atom. The van der Waals surface area contributed by atoms with E-state index in [1.54, 1.807) is 6.08 Å². The fourth-order valence-corrected chi connectivity index (χ4v) is 1.99. The molecule has 0 aliphatic heterocycles. The van der Waals surface area contributed by atoms with Crippen LogP contribution in [0.5, 0.6) is 0 Å². The Morgan fingerprint density at radius 2 is 1.81 bits per heavy atom. The second-order valence-corrected chi connectivity index (χ2v) is 4.51. The standard InChI is InChI=1S/C6H12FO5P.C3H6/c1-3-11-13(10,12-4-2)5(7)6(8)9;1-3-2/h5H,3-4H2,1-2H3,(H,8,9);3H,1H2,2H3. The molecule has 5 nitrogen and oxygen atoms in total. The summed E-state index contributed by atoms with van der Waals surface area (Å²) in [5.41, 5.74) is 0. The lowest BCUT2D eigenvalue weighted by atomic mass is 10.8. The summed E-state index contributed by atoms with van der Waals surface area (Å²) in [6.07, 6.45) is 1.75. The fourth-order valence-electron chi connectivity index (χ4n) is 0.663. The van der Waals surface area contributed by atoms with Crippen LogP contribution in [0.25, 0.3) is 0 Å². The minimum Gasteiger partial charge on any atom is -0.479 e. The molecule has 1 atom stereocenters. The molecule has 0 radical (unpaired) electrons. The van der Waals surface area contributed by atoms with Crippen LogP contribution < -0.4 is 0 Å². The topological polar surface area (TPSA) is 72.8 Å². The molecule has 7 heteroatoms. The lowest BCUT2D eigenvalue weighted by Crippen LogP contribution is -2.18. The molecule has 0 aromatic rings. The fraction of sp³-hybridized carbons (Fsp3) is 0.667. The second-order valence-electron chi connectivity index (χ2n) is 2.46. The van der Waals surface area contributed by atoms with Crippen LogP contribution in [0.2, 0.25) is 0 Å².